The minimum absolute atomic E-state index is 0.0780. The molecule has 6 nitrogen and oxygen atoms in total. The number of aliphatic hydroxyl groups is 2. The van der Waals surface area contributed by atoms with Crippen LogP contribution in [0.1, 0.15) is 82.6 Å². The van der Waals surface area contributed by atoms with Gasteiger partial charge in [0.15, 0.2) is 11.5 Å². The number of benzene rings is 2. The number of allylic oxidation sites excluding steroid dienone is 3. The molecule has 2 aromatic rings. The molecular weight excluding hydrogens is 516 g/mol. The lowest BCUT2D eigenvalue weighted by molar-refractivity contribution is -0.138. The highest BCUT2D eigenvalue weighted by molar-refractivity contribution is 5.52. The topological polar surface area (TPSA) is 99.4 Å². The summed E-state index contributed by atoms with van der Waals surface area (Å²) in [4.78, 5) is 0. The van der Waals surface area contributed by atoms with E-state index in [0.29, 0.717) is 18.4 Å². The molecule has 0 aromatic heterocycles. The van der Waals surface area contributed by atoms with Crippen molar-refractivity contribution in [1.82, 2.24) is 0 Å². The van der Waals surface area contributed by atoms with Crippen molar-refractivity contribution in [2.24, 2.45) is 11.3 Å². The van der Waals surface area contributed by atoms with Gasteiger partial charge in [-0.15, -0.1) is 0 Å². The second kappa shape index (κ2) is 12.5. The number of ether oxygens (including phenoxy) is 2. The number of phenolic OH excluding ortho intramolecular Hbond substituents is 2. The normalized spacial score (nSPS) is 23.9. The molecule has 0 saturated heterocycles. The number of rotatable bonds is 10. The van der Waals surface area contributed by atoms with Crippen LogP contribution in [0, 0.1) is 11.3 Å². The fourth-order valence-electron chi connectivity index (χ4n) is 6.66. The van der Waals surface area contributed by atoms with E-state index < -0.39 is 0 Å². The van der Waals surface area contributed by atoms with Crippen molar-refractivity contribution in [3.8, 4) is 23.0 Å². The SMILES string of the molecule is COc1cc(CCc2cc(O)c(C/C=C(\C)CC/C=C(\C)CO)c(O)c2)cc2c1O[C@]1(C)CC[C@@H](O)C(C)(C)[C@H]1C2. The maximum Gasteiger partial charge on any atom is 0.165 e. The highest BCUT2D eigenvalue weighted by Crippen LogP contribution is 2.55. The third kappa shape index (κ3) is 6.76. The van der Waals surface area contributed by atoms with Gasteiger partial charge in [0, 0.05) is 11.5 Å². The number of hydrogen-bond donors (Lipinski definition) is 4. The maximum atomic E-state index is 10.8. The monoisotopic (exact) mass is 564 g/mol. The van der Waals surface area contributed by atoms with Gasteiger partial charge >= 0.3 is 0 Å². The molecule has 6 heteroatoms. The van der Waals surface area contributed by atoms with Gasteiger partial charge in [0.2, 0.25) is 0 Å². The second-order valence-electron chi connectivity index (χ2n) is 12.9. The van der Waals surface area contributed by atoms with Crippen molar-refractivity contribution in [3.05, 3.63) is 69.8 Å². The summed E-state index contributed by atoms with van der Waals surface area (Å²) < 4.78 is 12.4. The van der Waals surface area contributed by atoms with Gasteiger partial charge in [0.1, 0.15) is 17.1 Å². The number of hydrogen-bond acceptors (Lipinski definition) is 6. The highest BCUT2D eigenvalue weighted by Gasteiger charge is 2.54. The quantitative estimate of drug-likeness (QED) is 0.243. The molecule has 41 heavy (non-hydrogen) atoms. The summed E-state index contributed by atoms with van der Waals surface area (Å²) in [6, 6.07) is 7.72. The molecule has 4 rings (SSSR count). The third-order valence-corrected chi connectivity index (χ3v) is 9.48. The molecule has 1 heterocycles. The minimum Gasteiger partial charge on any atom is -0.508 e. The van der Waals surface area contributed by atoms with Gasteiger partial charge < -0.3 is 29.9 Å². The van der Waals surface area contributed by atoms with Crippen molar-refractivity contribution in [2.45, 2.75) is 97.7 Å². The van der Waals surface area contributed by atoms with E-state index in [-0.39, 0.29) is 41.1 Å². The number of phenols is 2. The van der Waals surface area contributed by atoms with E-state index in [2.05, 4.69) is 26.8 Å². The Morgan fingerprint density at radius 2 is 1.66 bits per heavy atom. The van der Waals surface area contributed by atoms with Crippen LogP contribution < -0.4 is 9.47 Å². The van der Waals surface area contributed by atoms with E-state index in [1.807, 2.05) is 32.1 Å². The lowest BCUT2D eigenvalue weighted by Gasteiger charge is -2.55. The predicted molar refractivity (Wildman–Crippen MR) is 163 cm³/mol. The lowest BCUT2D eigenvalue weighted by atomic mass is 9.57. The molecule has 1 fully saturated rings. The molecule has 2 aliphatic rings. The highest BCUT2D eigenvalue weighted by atomic mass is 16.5. The largest absolute Gasteiger partial charge is 0.508 e. The van der Waals surface area contributed by atoms with Crippen LogP contribution in [0.15, 0.2) is 47.6 Å². The predicted octanol–water partition coefficient (Wildman–Crippen LogP) is 6.59. The van der Waals surface area contributed by atoms with E-state index >= 15 is 0 Å². The first-order chi connectivity index (χ1) is 19.4. The van der Waals surface area contributed by atoms with Crippen molar-refractivity contribution >= 4 is 0 Å². The maximum absolute atomic E-state index is 10.8. The Hall–Kier alpha value is -2.96. The lowest BCUT2D eigenvalue weighted by Crippen LogP contribution is -2.58. The van der Waals surface area contributed by atoms with Gasteiger partial charge in [-0.25, -0.2) is 0 Å². The van der Waals surface area contributed by atoms with Gasteiger partial charge in [-0.2, -0.15) is 0 Å². The first-order valence-electron chi connectivity index (χ1n) is 14.9. The van der Waals surface area contributed by atoms with Crippen LogP contribution in [0.25, 0.3) is 0 Å². The number of methoxy groups -OCH3 is 1. The number of fused-ring (bicyclic) bond motifs is 2. The Morgan fingerprint density at radius 1 is 1.00 bits per heavy atom. The summed E-state index contributed by atoms with van der Waals surface area (Å²) in [6.45, 7) is 10.5. The van der Waals surface area contributed by atoms with E-state index in [9.17, 15) is 15.3 Å². The standard InChI is InChI=1S/C35H48O6/c1-22(8-7-9-23(2)21-36)10-13-27-28(37)17-25(18-29(27)38)12-11-24-16-26-20-31-34(3,4)32(39)14-15-35(31,5)41-33(26)30(19-24)40-6/h9-10,16-19,31-32,36-39H,7-8,11-15,20-21H2,1-6H3/b22-10+,23-9+/t31-,32-,35-/m1/s1. The molecule has 2 aromatic carbocycles. The number of aliphatic hydroxyl groups excluding tert-OH is 2. The summed E-state index contributed by atoms with van der Waals surface area (Å²) in [5, 5.41) is 41.3. The molecule has 0 unspecified atom stereocenters. The zero-order chi connectivity index (χ0) is 29.9. The first kappa shape index (κ1) is 31.0. The average molecular weight is 565 g/mol. The zero-order valence-electron chi connectivity index (χ0n) is 25.6. The van der Waals surface area contributed by atoms with Crippen LogP contribution in [0.4, 0.5) is 0 Å². The third-order valence-electron chi connectivity index (χ3n) is 9.48. The average Bonchev–Trinajstić information content (AvgIpc) is 2.92. The van der Waals surface area contributed by atoms with Crippen LogP contribution in [0.3, 0.4) is 0 Å². The number of aromatic hydroxyl groups is 2. The molecule has 3 atom stereocenters. The summed E-state index contributed by atoms with van der Waals surface area (Å²) in [5.74, 6) is 1.94. The van der Waals surface area contributed by atoms with Crippen LogP contribution in [-0.4, -0.2) is 45.8 Å². The molecule has 1 aliphatic heterocycles. The molecule has 1 aliphatic carbocycles. The van der Waals surface area contributed by atoms with E-state index in [0.717, 1.165) is 72.3 Å². The van der Waals surface area contributed by atoms with Gasteiger partial charge in [0.05, 0.1) is 19.8 Å². The van der Waals surface area contributed by atoms with Gasteiger partial charge in [-0.3, -0.25) is 0 Å². The molecule has 4 N–H and O–H groups in total. The second-order valence-corrected chi connectivity index (χ2v) is 12.9. The van der Waals surface area contributed by atoms with Crippen LogP contribution in [0.2, 0.25) is 0 Å². The molecule has 0 amide bonds. The zero-order valence-corrected chi connectivity index (χ0v) is 25.6. The van der Waals surface area contributed by atoms with Gasteiger partial charge in [0.25, 0.3) is 0 Å². The minimum atomic E-state index is -0.350. The Morgan fingerprint density at radius 3 is 2.29 bits per heavy atom. The summed E-state index contributed by atoms with van der Waals surface area (Å²) in [6.07, 6.45) is 9.63. The summed E-state index contributed by atoms with van der Waals surface area (Å²) in [5.41, 5.74) is 5.14. The Labute approximate surface area is 245 Å². The van der Waals surface area contributed by atoms with E-state index in [1.54, 1.807) is 19.2 Å². The molecular formula is C35H48O6. The molecule has 0 bridgehead atoms. The van der Waals surface area contributed by atoms with Crippen LogP contribution in [-0.2, 0) is 25.7 Å². The number of aryl methyl sites for hydroxylation is 2. The van der Waals surface area contributed by atoms with Crippen molar-refractivity contribution in [3.63, 3.8) is 0 Å². The smallest absolute Gasteiger partial charge is 0.165 e. The summed E-state index contributed by atoms with van der Waals surface area (Å²) >= 11 is 0. The fourth-order valence-corrected chi connectivity index (χ4v) is 6.66. The molecule has 224 valence electrons. The fraction of sp³-hybridized carbons (Fsp3) is 0.543. The summed E-state index contributed by atoms with van der Waals surface area (Å²) in [7, 11) is 1.67. The molecule has 0 spiro atoms. The van der Waals surface area contributed by atoms with Crippen molar-refractivity contribution < 1.29 is 29.9 Å². The first-order valence-corrected chi connectivity index (χ1v) is 14.9. The van der Waals surface area contributed by atoms with Crippen molar-refractivity contribution in [2.75, 3.05) is 13.7 Å². The van der Waals surface area contributed by atoms with E-state index in [4.69, 9.17) is 14.6 Å². The molecule has 1 saturated carbocycles. The van der Waals surface area contributed by atoms with E-state index in [1.165, 1.54) is 5.57 Å². The Kier molecular flexibility index (Phi) is 9.45. The van der Waals surface area contributed by atoms with Crippen molar-refractivity contribution in [1.29, 1.82) is 0 Å². The van der Waals surface area contributed by atoms with Gasteiger partial charge in [-0.05, 0) is 112 Å². The Bertz CT molecular complexity index is 1280. The van der Waals surface area contributed by atoms with Crippen LogP contribution in [0.5, 0.6) is 23.0 Å². The molecule has 0 radical (unpaired) electrons. The van der Waals surface area contributed by atoms with Gasteiger partial charge in [-0.1, -0.05) is 43.2 Å². The van der Waals surface area contributed by atoms with Crippen LogP contribution >= 0.6 is 0 Å². The Balaban J connectivity index is 1.47.